The molecule has 0 aliphatic rings. The molecule has 1 rings (SSSR count). The number of likely N-dealkylation sites (N-methyl/N-ethyl adjacent to an activating group) is 1. The first-order valence-corrected chi connectivity index (χ1v) is 6.29. The lowest BCUT2D eigenvalue weighted by Gasteiger charge is -2.10. The Balaban J connectivity index is 2.43. The number of nitrogens with one attached hydrogen (secondary N) is 2. The van der Waals surface area contributed by atoms with Gasteiger partial charge in [-0.25, -0.2) is 0 Å². The monoisotopic (exact) mass is 250 g/mol. The fourth-order valence-electron chi connectivity index (χ4n) is 1.38. The molecular formula is C14H22N2O2. The molecule has 4 nitrogen and oxygen atoms in total. The molecule has 0 aliphatic carbocycles. The highest BCUT2D eigenvalue weighted by atomic mass is 16.5. The highest BCUT2D eigenvalue weighted by Gasteiger charge is 2.00. The molecule has 0 fully saturated rings. The summed E-state index contributed by atoms with van der Waals surface area (Å²) in [6.07, 6.45) is 1.04. The Morgan fingerprint density at radius 2 is 2.17 bits per heavy atom. The van der Waals surface area contributed by atoms with Crippen molar-refractivity contribution in [2.45, 2.75) is 20.3 Å². The summed E-state index contributed by atoms with van der Waals surface area (Å²) in [7, 11) is 1.62. The van der Waals surface area contributed by atoms with Crippen molar-refractivity contribution in [2.75, 3.05) is 25.5 Å². The largest absolute Gasteiger partial charge is 0.494 e. The molecule has 0 bridgehead atoms. The van der Waals surface area contributed by atoms with Crippen LogP contribution in [0.25, 0.3) is 0 Å². The first-order valence-electron chi connectivity index (χ1n) is 6.29. The first kappa shape index (κ1) is 14.4. The average Bonchev–Trinajstić information content (AvgIpc) is 2.36. The van der Waals surface area contributed by atoms with Gasteiger partial charge in [0.2, 0.25) is 5.91 Å². The van der Waals surface area contributed by atoms with Gasteiger partial charge in [0, 0.05) is 18.8 Å². The van der Waals surface area contributed by atoms with E-state index in [-0.39, 0.29) is 12.5 Å². The quantitative estimate of drug-likeness (QED) is 0.780. The number of hydrogen-bond donors (Lipinski definition) is 2. The average molecular weight is 250 g/mol. The molecule has 0 atom stereocenters. The summed E-state index contributed by atoms with van der Waals surface area (Å²) >= 11 is 0. The Bertz CT molecular complexity index is 378. The lowest BCUT2D eigenvalue weighted by molar-refractivity contribution is -0.118. The molecule has 2 N–H and O–H groups in total. The van der Waals surface area contributed by atoms with Crippen molar-refractivity contribution in [3.05, 3.63) is 24.3 Å². The third-order valence-corrected chi connectivity index (χ3v) is 2.53. The second kappa shape index (κ2) is 7.58. The van der Waals surface area contributed by atoms with Crippen LogP contribution in [0.15, 0.2) is 24.3 Å². The molecule has 0 saturated carbocycles. The van der Waals surface area contributed by atoms with Gasteiger partial charge in [-0.15, -0.1) is 0 Å². The van der Waals surface area contributed by atoms with Gasteiger partial charge in [0.1, 0.15) is 5.75 Å². The van der Waals surface area contributed by atoms with Crippen LogP contribution >= 0.6 is 0 Å². The molecular weight excluding hydrogens is 228 g/mol. The maximum atomic E-state index is 11.1. The summed E-state index contributed by atoms with van der Waals surface area (Å²) in [5.41, 5.74) is 0.889. The zero-order chi connectivity index (χ0) is 13.4. The van der Waals surface area contributed by atoms with E-state index in [0.717, 1.165) is 24.5 Å². The van der Waals surface area contributed by atoms with E-state index in [4.69, 9.17) is 4.74 Å². The molecule has 0 spiro atoms. The summed E-state index contributed by atoms with van der Waals surface area (Å²) in [5, 5.41) is 5.61. The van der Waals surface area contributed by atoms with Crippen molar-refractivity contribution < 1.29 is 9.53 Å². The molecule has 0 heterocycles. The Morgan fingerprint density at radius 1 is 1.39 bits per heavy atom. The van der Waals surface area contributed by atoms with Crippen molar-refractivity contribution in [1.29, 1.82) is 0 Å². The third kappa shape index (κ3) is 5.57. The summed E-state index contributed by atoms with van der Waals surface area (Å²) < 4.78 is 5.65. The number of rotatable bonds is 7. The second-order valence-electron chi connectivity index (χ2n) is 4.59. The first-order chi connectivity index (χ1) is 8.61. The SMILES string of the molecule is CNC(=O)CNc1cccc(OCCC(C)C)c1. The highest BCUT2D eigenvalue weighted by Crippen LogP contribution is 2.17. The number of anilines is 1. The van der Waals surface area contributed by atoms with E-state index in [0.29, 0.717) is 5.92 Å². The number of carbonyl (C=O) groups is 1. The molecule has 4 heteroatoms. The van der Waals surface area contributed by atoms with Gasteiger partial charge in [0.05, 0.1) is 13.2 Å². The Kier molecular flexibility index (Phi) is 6.05. The van der Waals surface area contributed by atoms with E-state index >= 15 is 0 Å². The molecule has 0 saturated heterocycles. The molecule has 0 radical (unpaired) electrons. The summed E-state index contributed by atoms with van der Waals surface area (Å²) in [6.45, 7) is 5.33. The normalized spacial score (nSPS) is 10.2. The lowest BCUT2D eigenvalue weighted by atomic mass is 10.1. The predicted molar refractivity (Wildman–Crippen MR) is 73.9 cm³/mol. The van der Waals surface area contributed by atoms with Gasteiger partial charge in [0.25, 0.3) is 0 Å². The van der Waals surface area contributed by atoms with Gasteiger partial charge in [-0.1, -0.05) is 19.9 Å². The molecule has 1 aromatic rings. The minimum Gasteiger partial charge on any atom is -0.494 e. The highest BCUT2D eigenvalue weighted by molar-refractivity contribution is 5.80. The molecule has 18 heavy (non-hydrogen) atoms. The molecule has 1 amide bonds. The zero-order valence-corrected chi connectivity index (χ0v) is 11.3. The van der Waals surface area contributed by atoms with Crippen LogP contribution in [0.5, 0.6) is 5.75 Å². The van der Waals surface area contributed by atoms with Crippen molar-refractivity contribution in [3.8, 4) is 5.75 Å². The topological polar surface area (TPSA) is 50.4 Å². The van der Waals surface area contributed by atoms with Gasteiger partial charge in [-0.3, -0.25) is 4.79 Å². The Morgan fingerprint density at radius 3 is 2.83 bits per heavy atom. The van der Waals surface area contributed by atoms with E-state index in [2.05, 4.69) is 24.5 Å². The number of benzene rings is 1. The van der Waals surface area contributed by atoms with E-state index < -0.39 is 0 Å². The molecule has 100 valence electrons. The molecule has 0 aliphatic heterocycles. The number of carbonyl (C=O) groups excluding carboxylic acids is 1. The van der Waals surface area contributed by atoms with E-state index in [1.54, 1.807) is 7.05 Å². The third-order valence-electron chi connectivity index (χ3n) is 2.53. The van der Waals surface area contributed by atoms with Crippen molar-refractivity contribution in [3.63, 3.8) is 0 Å². The zero-order valence-electron chi connectivity index (χ0n) is 11.3. The predicted octanol–water partition coefficient (Wildman–Crippen LogP) is 2.27. The maximum Gasteiger partial charge on any atom is 0.239 e. The Labute approximate surface area is 109 Å². The van der Waals surface area contributed by atoms with Crippen LogP contribution in [-0.2, 0) is 4.79 Å². The standard InChI is InChI=1S/C14H22N2O2/c1-11(2)7-8-18-13-6-4-5-12(9-13)16-10-14(17)15-3/h4-6,9,11,16H,7-8,10H2,1-3H3,(H,15,17). The maximum absolute atomic E-state index is 11.1. The summed E-state index contributed by atoms with van der Waals surface area (Å²) in [6, 6.07) is 7.66. The smallest absolute Gasteiger partial charge is 0.239 e. The molecule has 1 aromatic carbocycles. The van der Waals surface area contributed by atoms with Gasteiger partial charge in [-0.05, 0) is 24.5 Å². The number of hydrogen-bond acceptors (Lipinski definition) is 3. The molecule has 0 unspecified atom stereocenters. The van der Waals surface area contributed by atoms with Gasteiger partial charge >= 0.3 is 0 Å². The number of amides is 1. The van der Waals surface area contributed by atoms with Crippen LogP contribution in [0.2, 0.25) is 0 Å². The van der Waals surface area contributed by atoms with Crippen LogP contribution in [0.3, 0.4) is 0 Å². The van der Waals surface area contributed by atoms with Gasteiger partial charge < -0.3 is 15.4 Å². The number of ether oxygens (including phenoxy) is 1. The van der Waals surface area contributed by atoms with E-state index in [9.17, 15) is 4.79 Å². The fourth-order valence-corrected chi connectivity index (χ4v) is 1.38. The Hall–Kier alpha value is -1.71. The molecule has 0 aromatic heterocycles. The van der Waals surface area contributed by atoms with Gasteiger partial charge in [0.15, 0.2) is 0 Å². The van der Waals surface area contributed by atoms with E-state index in [1.807, 2.05) is 24.3 Å². The van der Waals surface area contributed by atoms with Crippen LogP contribution in [0, 0.1) is 5.92 Å². The minimum atomic E-state index is -0.0406. The second-order valence-corrected chi connectivity index (χ2v) is 4.59. The fraction of sp³-hybridized carbons (Fsp3) is 0.500. The van der Waals surface area contributed by atoms with Crippen molar-refractivity contribution in [2.24, 2.45) is 5.92 Å². The summed E-state index contributed by atoms with van der Waals surface area (Å²) in [4.78, 5) is 11.1. The van der Waals surface area contributed by atoms with Crippen LogP contribution in [0.1, 0.15) is 20.3 Å². The van der Waals surface area contributed by atoms with Crippen molar-refractivity contribution >= 4 is 11.6 Å². The lowest BCUT2D eigenvalue weighted by Crippen LogP contribution is -2.26. The van der Waals surface area contributed by atoms with Crippen LogP contribution in [0.4, 0.5) is 5.69 Å². The summed E-state index contributed by atoms with van der Waals surface area (Å²) in [5.74, 6) is 1.43. The van der Waals surface area contributed by atoms with Gasteiger partial charge in [-0.2, -0.15) is 0 Å². The van der Waals surface area contributed by atoms with E-state index in [1.165, 1.54) is 0 Å². The minimum absolute atomic E-state index is 0.0406. The van der Waals surface area contributed by atoms with Crippen molar-refractivity contribution in [1.82, 2.24) is 5.32 Å². The van der Waals surface area contributed by atoms with Crippen LogP contribution < -0.4 is 15.4 Å². The van der Waals surface area contributed by atoms with Crippen LogP contribution in [-0.4, -0.2) is 26.1 Å².